The number of rotatable bonds is 8. The largest absolute Gasteiger partial charge is 0.494 e. The number of carbonyl (C=O) groups is 1. The summed E-state index contributed by atoms with van der Waals surface area (Å²) in [6.07, 6.45) is 2.55. The fraction of sp³-hybridized carbons (Fsp3) is 0.409. The lowest BCUT2D eigenvalue weighted by Gasteiger charge is -2.32. The van der Waals surface area contributed by atoms with Crippen molar-refractivity contribution in [3.63, 3.8) is 0 Å². The van der Waals surface area contributed by atoms with Crippen LogP contribution in [0.25, 0.3) is 0 Å². The number of hydrogen-bond donors (Lipinski definition) is 1. The van der Waals surface area contributed by atoms with Gasteiger partial charge in [-0.3, -0.25) is 4.79 Å². The molecule has 0 aliphatic carbocycles. The minimum absolute atomic E-state index is 0.0697. The average molecular weight is 417 g/mol. The Morgan fingerprint density at radius 3 is 2.34 bits per heavy atom. The number of amides is 1. The second-order valence-corrected chi connectivity index (χ2v) is 8.96. The summed E-state index contributed by atoms with van der Waals surface area (Å²) < 4.78 is 32.9. The van der Waals surface area contributed by atoms with Gasteiger partial charge in [0.05, 0.1) is 11.5 Å². The molecule has 7 heteroatoms. The van der Waals surface area contributed by atoms with Crippen LogP contribution in [0.5, 0.6) is 5.75 Å². The number of nitrogens with zero attached hydrogens (tertiary/aromatic N) is 1. The van der Waals surface area contributed by atoms with Crippen LogP contribution in [0, 0.1) is 5.92 Å². The Morgan fingerprint density at radius 1 is 1.07 bits per heavy atom. The summed E-state index contributed by atoms with van der Waals surface area (Å²) in [6, 6.07) is 15.8. The Balaban J connectivity index is 1.44. The fourth-order valence-corrected chi connectivity index (χ4v) is 4.60. The number of carbonyl (C=O) groups excluding carboxylic acids is 1. The van der Waals surface area contributed by atoms with E-state index in [2.05, 4.69) is 4.72 Å². The molecule has 6 nitrogen and oxygen atoms in total. The standard InChI is InChI=1S/C22H28N2O4S/c1-2-28-20-8-10-21(11-9-20)29(26,27)23-15-12-18-13-16-24(17-14-18)22(25)19-6-4-3-5-7-19/h3-11,18,23H,2,12-17H2,1H3. The minimum atomic E-state index is -3.52. The van der Waals surface area contributed by atoms with Gasteiger partial charge in [0.1, 0.15) is 5.75 Å². The van der Waals surface area contributed by atoms with E-state index in [4.69, 9.17) is 4.74 Å². The first-order chi connectivity index (χ1) is 14.0. The van der Waals surface area contributed by atoms with Crippen molar-refractivity contribution < 1.29 is 17.9 Å². The summed E-state index contributed by atoms with van der Waals surface area (Å²) in [5.41, 5.74) is 0.717. The summed E-state index contributed by atoms with van der Waals surface area (Å²) in [6.45, 7) is 4.25. The highest BCUT2D eigenvalue weighted by Gasteiger charge is 2.24. The number of benzene rings is 2. The maximum atomic E-state index is 12.5. The van der Waals surface area contributed by atoms with Crippen LogP contribution >= 0.6 is 0 Å². The number of piperidine rings is 1. The summed E-state index contributed by atoms with van der Waals surface area (Å²) in [4.78, 5) is 14.6. The number of hydrogen-bond acceptors (Lipinski definition) is 4. The quantitative estimate of drug-likeness (QED) is 0.716. The van der Waals surface area contributed by atoms with Crippen LogP contribution in [-0.4, -0.2) is 45.5 Å². The Labute approximate surface area is 172 Å². The van der Waals surface area contributed by atoms with E-state index in [0.29, 0.717) is 43.5 Å². The Morgan fingerprint density at radius 2 is 1.72 bits per heavy atom. The zero-order valence-electron chi connectivity index (χ0n) is 16.7. The molecule has 156 valence electrons. The first-order valence-electron chi connectivity index (χ1n) is 10.1. The molecule has 1 amide bonds. The van der Waals surface area contributed by atoms with Gasteiger partial charge in [0, 0.05) is 25.2 Å². The molecule has 0 bridgehead atoms. The van der Waals surface area contributed by atoms with Crippen molar-refractivity contribution in [3.05, 3.63) is 60.2 Å². The minimum Gasteiger partial charge on any atom is -0.494 e. The van der Waals surface area contributed by atoms with E-state index in [0.717, 1.165) is 19.3 Å². The predicted molar refractivity (Wildman–Crippen MR) is 112 cm³/mol. The second kappa shape index (κ2) is 9.89. The molecule has 1 fully saturated rings. The second-order valence-electron chi connectivity index (χ2n) is 7.19. The highest BCUT2D eigenvalue weighted by atomic mass is 32.2. The van der Waals surface area contributed by atoms with Crippen molar-refractivity contribution in [2.75, 3.05) is 26.2 Å². The molecule has 1 aliphatic rings. The summed E-state index contributed by atoms with van der Waals surface area (Å²) in [7, 11) is -3.52. The zero-order chi connectivity index (χ0) is 20.7. The molecule has 1 aliphatic heterocycles. The molecule has 1 heterocycles. The molecule has 0 aromatic heterocycles. The van der Waals surface area contributed by atoms with Gasteiger partial charge in [0.2, 0.25) is 10.0 Å². The fourth-order valence-electron chi connectivity index (χ4n) is 3.55. The molecule has 0 unspecified atom stereocenters. The number of nitrogens with one attached hydrogen (secondary N) is 1. The maximum Gasteiger partial charge on any atom is 0.253 e. The molecular formula is C22H28N2O4S. The Bertz CT molecular complexity index is 890. The van der Waals surface area contributed by atoms with E-state index >= 15 is 0 Å². The van der Waals surface area contributed by atoms with Crippen molar-refractivity contribution in [2.45, 2.75) is 31.1 Å². The number of sulfonamides is 1. The van der Waals surface area contributed by atoms with Gasteiger partial charge in [-0.05, 0) is 68.5 Å². The Kier molecular flexibility index (Phi) is 7.28. The maximum absolute atomic E-state index is 12.5. The van der Waals surface area contributed by atoms with Crippen LogP contribution in [0.1, 0.15) is 36.5 Å². The molecule has 2 aromatic carbocycles. The summed E-state index contributed by atoms with van der Waals surface area (Å²) in [5.74, 6) is 1.14. The van der Waals surface area contributed by atoms with Gasteiger partial charge in [-0.1, -0.05) is 18.2 Å². The van der Waals surface area contributed by atoms with E-state index in [9.17, 15) is 13.2 Å². The lowest BCUT2D eigenvalue weighted by molar-refractivity contribution is 0.0687. The summed E-state index contributed by atoms with van der Waals surface area (Å²) >= 11 is 0. The molecule has 3 rings (SSSR count). The van der Waals surface area contributed by atoms with Gasteiger partial charge < -0.3 is 9.64 Å². The molecule has 1 saturated heterocycles. The van der Waals surface area contributed by atoms with Gasteiger partial charge in [-0.25, -0.2) is 13.1 Å². The van der Waals surface area contributed by atoms with E-state index in [1.807, 2.05) is 42.2 Å². The van der Waals surface area contributed by atoms with Gasteiger partial charge in [-0.15, -0.1) is 0 Å². The third-order valence-corrected chi connectivity index (χ3v) is 6.69. The SMILES string of the molecule is CCOc1ccc(S(=O)(=O)NCCC2CCN(C(=O)c3ccccc3)CC2)cc1. The van der Waals surface area contributed by atoms with Crippen LogP contribution in [-0.2, 0) is 10.0 Å². The third-order valence-electron chi connectivity index (χ3n) is 5.21. The lowest BCUT2D eigenvalue weighted by atomic mass is 9.93. The van der Waals surface area contributed by atoms with E-state index in [1.165, 1.54) is 0 Å². The average Bonchev–Trinajstić information content (AvgIpc) is 2.75. The van der Waals surface area contributed by atoms with Crippen molar-refractivity contribution in [1.82, 2.24) is 9.62 Å². The van der Waals surface area contributed by atoms with Crippen LogP contribution in [0.3, 0.4) is 0 Å². The van der Waals surface area contributed by atoms with Gasteiger partial charge in [0.25, 0.3) is 5.91 Å². The van der Waals surface area contributed by atoms with Crippen molar-refractivity contribution >= 4 is 15.9 Å². The van der Waals surface area contributed by atoms with Gasteiger partial charge in [-0.2, -0.15) is 0 Å². The molecule has 29 heavy (non-hydrogen) atoms. The highest BCUT2D eigenvalue weighted by Crippen LogP contribution is 2.22. The molecule has 1 N–H and O–H groups in total. The molecular weight excluding hydrogens is 388 g/mol. The molecule has 0 atom stereocenters. The summed E-state index contributed by atoms with van der Waals surface area (Å²) in [5, 5.41) is 0. The van der Waals surface area contributed by atoms with E-state index in [-0.39, 0.29) is 10.8 Å². The number of likely N-dealkylation sites (tertiary alicyclic amines) is 1. The van der Waals surface area contributed by atoms with Crippen molar-refractivity contribution in [3.8, 4) is 5.75 Å². The normalized spacial score (nSPS) is 15.3. The molecule has 2 aromatic rings. The monoisotopic (exact) mass is 416 g/mol. The Hall–Kier alpha value is -2.38. The molecule has 0 saturated carbocycles. The topological polar surface area (TPSA) is 75.7 Å². The number of ether oxygens (including phenoxy) is 1. The van der Waals surface area contributed by atoms with Crippen molar-refractivity contribution in [2.24, 2.45) is 5.92 Å². The smallest absolute Gasteiger partial charge is 0.253 e. The van der Waals surface area contributed by atoms with E-state index in [1.54, 1.807) is 24.3 Å². The van der Waals surface area contributed by atoms with Crippen LogP contribution in [0.4, 0.5) is 0 Å². The van der Waals surface area contributed by atoms with E-state index < -0.39 is 10.0 Å². The van der Waals surface area contributed by atoms with Crippen LogP contribution < -0.4 is 9.46 Å². The molecule has 0 radical (unpaired) electrons. The van der Waals surface area contributed by atoms with Crippen molar-refractivity contribution in [1.29, 1.82) is 0 Å². The predicted octanol–water partition coefficient (Wildman–Crippen LogP) is 3.31. The highest BCUT2D eigenvalue weighted by molar-refractivity contribution is 7.89. The third kappa shape index (κ3) is 5.81. The van der Waals surface area contributed by atoms with Gasteiger partial charge >= 0.3 is 0 Å². The van der Waals surface area contributed by atoms with Gasteiger partial charge in [0.15, 0.2) is 0 Å². The lowest BCUT2D eigenvalue weighted by Crippen LogP contribution is -2.39. The first kappa shape index (κ1) is 21.3. The molecule has 0 spiro atoms. The van der Waals surface area contributed by atoms with Crippen LogP contribution in [0.2, 0.25) is 0 Å². The van der Waals surface area contributed by atoms with Crippen LogP contribution in [0.15, 0.2) is 59.5 Å². The first-order valence-corrected chi connectivity index (χ1v) is 11.5. The zero-order valence-corrected chi connectivity index (χ0v) is 17.5.